The van der Waals surface area contributed by atoms with E-state index in [0.29, 0.717) is 29.3 Å². The predicted octanol–water partition coefficient (Wildman–Crippen LogP) is 6.07. The second-order valence-corrected chi connectivity index (χ2v) is 8.71. The third-order valence-corrected chi connectivity index (χ3v) is 6.69. The number of benzene rings is 2. The second-order valence-electron chi connectivity index (χ2n) is 8.71. The van der Waals surface area contributed by atoms with Crippen LogP contribution in [0.1, 0.15) is 49.7 Å². The van der Waals surface area contributed by atoms with Gasteiger partial charge in [0.05, 0.1) is 17.1 Å². The first-order chi connectivity index (χ1) is 16.1. The van der Waals surface area contributed by atoms with Crippen LogP contribution >= 0.6 is 0 Å². The summed E-state index contributed by atoms with van der Waals surface area (Å²) < 4.78 is 19.6. The van der Waals surface area contributed by atoms with E-state index in [1.54, 1.807) is 36.4 Å². The van der Waals surface area contributed by atoms with Crippen molar-refractivity contribution >= 4 is 16.9 Å². The standard InChI is InChI=1S/C26H24FN5O/c1-16(30-26-32-31-25(33-26)20-4-2-17(15-28)3-5-20)18-6-8-19(9-7-18)22-12-13-29-24-11-10-21(27)14-23(22)24/h2-5,10-14,16,18-19H,6-9H2,1H3,(H,30,32)/t16-,18?,19?/m1/s1. The topological polar surface area (TPSA) is 87.6 Å². The Hall–Kier alpha value is -3.79. The van der Waals surface area contributed by atoms with Crippen LogP contribution in [0.25, 0.3) is 22.4 Å². The molecule has 5 rings (SSSR count). The van der Waals surface area contributed by atoms with Gasteiger partial charge in [-0.05, 0) is 98.5 Å². The van der Waals surface area contributed by atoms with Crippen molar-refractivity contribution in [2.45, 2.75) is 44.6 Å². The highest BCUT2D eigenvalue weighted by Crippen LogP contribution is 2.40. The molecular weight excluding hydrogens is 417 g/mol. The SMILES string of the molecule is C[C@@H](Nc1nnc(-c2ccc(C#N)cc2)o1)C1CCC(c2ccnc3ccc(F)cc23)CC1. The Labute approximate surface area is 191 Å². The van der Waals surface area contributed by atoms with E-state index in [1.165, 1.54) is 11.6 Å². The monoisotopic (exact) mass is 441 g/mol. The molecule has 1 fully saturated rings. The molecule has 7 heteroatoms. The molecule has 1 aliphatic carbocycles. The summed E-state index contributed by atoms with van der Waals surface area (Å²) in [5.74, 6) is 1.10. The zero-order valence-electron chi connectivity index (χ0n) is 18.3. The fraction of sp³-hybridized carbons (Fsp3) is 0.308. The first-order valence-electron chi connectivity index (χ1n) is 11.3. The summed E-state index contributed by atoms with van der Waals surface area (Å²) in [4.78, 5) is 4.39. The molecule has 33 heavy (non-hydrogen) atoms. The van der Waals surface area contributed by atoms with E-state index in [0.717, 1.165) is 42.1 Å². The van der Waals surface area contributed by atoms with Gasteiger partial charge in [0.15, 0.2) is 0 Å². The highest BCUT2D eigenvalue weighted by molar-refractivity contribution is 5.82. The van der Waals surface area contributed by atoms with E-state index in [1.807, 2.05) is 12.3 Å². The zero-order valence-corrected chi connectivity index (χ0v) is 18.3. The first-order valence-corrected chi connectivity index (χ1v) is 11.3. The molecule has 2 aromatic heterocycles. The summed E-state index contributed by atoms with van der Waals surface area (Å²) in [6.07, 6.45) is 6.05. The largest absolute Gasteiger partial charge is 0.403 e. The number of nitrogens with one attached hydrogen (secondary N) is 1. The van der Waals surface area contributed by atoms with Gasteiger partial charge in [-0.15, -0.1) is 5.10 Å². The highest BCUT2D eigenvalue weighted by atomic mass is 19.1. The molecule has 1 aliphatic rings. The molecule has 0 unspecified atom stereocenters. The van der Waals surface area contributed by atoms with E-state index >= 15 is 0 Å². The first kappa shape index (κ1) is 21.1. The molecule has 1 N–H and O–H groups in total. The van der Waals surface area contributed by atoms with Crippen LogP contribution in [0.15, 0.2) is 59.1 Å². The van der Waals surface area contributed by atoms with Gasteiger partial charge in [-0.25, -0.2) is 4.39 Å². The van der Waals surface area contributed by atoms with E-state index in [-0.39, 0.29) is 11.9 Å². The number of halogens is 1. The summed E-state index contributed by atoms with van der Waals surface area (Å²) in [7, 11) is 0. The number of pyridine rings is 1. The number of nitriles is 1. The normalized spacial score (nSPS) is 19.2. The van der Waals surface area contributed by atoms with Crippen molar-refractivity contribution in [1.82, 2.24) is 15.2 Å². The Morgan fingerprint density at radius 3 is 2.61 bits per heavy atom. The summed E-state index contributed by atoms with van der Waals surface area (Å²) in [6.45, 7) is 2.15. The third-order valence-electron chi connectivity index (χ3n) is 6.69. The van der Waals surface area contributed by atoms with Crippen molar-refractivity contribution < 1.29 is 8.81 Å². The van der Waals surface area contributed by atoms with Crippen molar-refractivity contribution in [3.05, 3.63) is 71.7 Å². The Morgan fingerprint density at radius 1 is 1.06 bits per heavy atom. The van der Waals surface area contributed by atoms with Gasteiger partial charge in [-0.1, -0.05) is 5.10 Å². The maximum atomic E-state index is 13.8. The lowest BCUT2D eigenvalue weighted by Crippen LogP contribution is -2.29. The van der Waals surface area contributed by atoms with Crippen LogP contribution in [0.2, 0.25) is 0 Å². The maximum Gasteiger partial charge on any atom is 0.315 e. The fourth-order valence-corrected chi connectivity index (χ4v) is 4.82. The lowest BCUT2D eigenvalue weighted by Gasteiger charge is -2.32. The minimum Gasteiger partial charge on any atom is -0.403 e. The lowest BCUT2D eigenvalue weighted by molar-refractivity contribution is 0.299. The van der Waals surface area contributed by atoms with Crippen molar-refractivity contribution in [3.8, 4) is 17.5 Å². The molecule has 166 valence electrons. The van der Waals surface area contributed by atoms with Crippen LogP contribution < -0.4 is 5.32 Å². The Balaban J connectivity index is 1.22. The number of nitrogens with zero attached hydrogens (tertiary/aromatic N) is 4. The molecular formula is C26H24FN5O. The minimum atomic E-state index is -0.219. The number of aromatic nitrogens is 3. The van der Waals surface area contributed by atoms with Crippen LogP contribution in [0.4, 0.5) is 10.4 Å². The summed E-state index contributed by atoms with van der Waals surface area (Å²) in [5, 5.41) is 21.5. The quantitative estimate of drug-likeness (QED) is 0.404. The van der Waals surface area contributed by atoms with E-state index in [2.05, 4.69) is 33.5 Å². The van der Waals surface area contributed by atoms with Gasteiger partial charge >= 0.3 is 6.01 Å². The lowest BCUT2D eigenvalue weighted by atomic mass is 9.75. The van der Waals surface area contributed by atoms with Crippen LogP contribution in [0, 0.1) is 23.1 Å². The van der Waals surface area contributed by atoms with Gasteiger partial charge in [0.25, 0.3) is 0 Å². The molecule has 4 aromatic rings. The number of hydrogen-bond acceptors (Lipinski definition) is 6. The molecule has 0 amide bonds. The van der Waals surface area contributed by atoms with Gasteiger partial charge in [-0.3, -0.25) is 4.98 Å². The van der Waals surface area contributed by atoms with Crippen LogP contribution in [-0.4, -0.2) is 21.2 Å². The molecule has 1 saturated carbocycles. The second kappa shape index (κ2) is 8.99. The number of fused-ring (bicyclic) bond motifs is 1. The van der Waals surface area contributed by atoms with Crippen molar-refractivity contribution in [3.63, 3.8) is 0 Å². The van der Waals surface area contributed by atoms with Gasteiger partial charge in [-0.2, -0.15) is 5.26 Å². The predicted molar refractivity (Wildman–Crippen MR) is 124 cm³/mol. The fourth-order valence-electron chi connectivity index (χ4n) is 4.82. The Bertz CT molecular complexity index is 1300. The smallest absolute Gasteiger partial charge is 0.315 e. The Kier molecular flexibility index (Phi) is 5.74. The third kappa shape index (κ3) is 4.42. The average molecular weight is 442 g/mol. The average Bonchev–Trinajstić information content (AvgIpc) is 3.32. The van der Waals surface area contributed by atoms with Crippen molar-refractivity contribution in [2.75, 3.05) is 5.32 Å². The number of hydrogen-bond donors (Lipinski definition) is 1. The molecule has 0 aliphatic heterocycles. The van der Waals surface area contributed by atoms with E-state index < -0.39 is 0 Å². The van der Waals surface area contributed by atoms with Crippen LogP contribution in [-0.2, 0) is 0 Å². The van der Waals surface area contributed by atoms with Crippen LogP contribution in [0.5, 0.6) is 0 Å². The van der Waals surface area contributed by atoms with Gasteiger partial charge < -0.3 is 9.73 Å². The maximum absolute atomic E-state index is 13.8. The molecule has 0 saturated heterocycles. The van der Waals surface area contributed by atoms with Crippen molar-refractivity contribution in [1.29, 1.82) is 5.26 Å². The number of rotatable bonds is 5. The van der Waals surface area contributed by atoms with Gasteiger partial charge in [0.1, 0.15) is 5.82 Å². The molecule has 2 aromatic carbocycles. The molecule has 6 nitrogen and oxygen atoms in total. The molecule has 0 bridgehead atoms. The molecule has 1 atom stereocenters. The Morgan fingerprint density at radius 2 is 1.85 bits per heavy atom. The van der Waals surface area contributed by atoms with E-state index in [4.69, 9.17) is 9.68 Å². The molecule has 2 heterocycles. The zero-order chi connectivity index (χ0) is 22.8. The summed E-state index contributed by atoms with van der Waals surface area (Å²) in [6, 6.07) is 16.6. The molecule has 0 spiro atoms. The van der Waals surface area contributed by atoms with Crippen molar-refractivity contribution in [2.24, 2.45) is 5.92 Å². The highest BCUT2D eigenvalue weighted by Gasteiger charge is 2.28. The summed E-state index contributed by atoms with van der Waals surface area (Å²) >= 11 is 0. The van der Waals surface area contributed by atoms with Gasteiger partial charge in [0, 0.05) is 23.2 Å². The number of anilines is 1. The summed E-state index contributed by atoms with van der Waals surface area (Å²) in [5.41, 5.74) is 3.41. The minimum absolute atomic E-state index is 0.187. The van der Waals surface area contributed by atoms with E-state index in [9.17, 15) is 4.39 Å². The van der Waals surface area contributed by atoms with Gasteiger partial charge in [0.2, 0.25) is 5.89 Å². The van der Waals surface area contributed by atoms with Crippen LogP contribution in [0.3, 0.4) is 0 Å². The molecule has 0 radical (unpaired) electrons.